The molecule has 22 heavy (non-hydrogen) atoms. The molecule has 0 aliphatic rings. The molecule has 6 heteroatoms. The summed E-state index contributed by atoms with van der Waals surface area (Å²) in [5, 5.41) is 14.4. The van der Waals surface area contributed by atoms with Crippen LogP contribution < -0.4 is 5.32 Å². The summed E-state index contributed by atoms with van der Waals surface area (Å²) in [7, 11) is 0. The minimum absolute atomic E-state index is 0.121. The zero-order valence-corrected chi connectivity index (χ0v) is 13.2. The first kappa shape index (κ1) is 15.9. The molecule has 6 nitrogen and oxygen atoms in total. The fourth-order valence-corrected chi connectivity index (χ4v) is 1.98. The summed E-state index contributed by atoms with van der Waals surface area (Å²) < 4.78 is 1.76. The number of carbonyl (C=O) groups is 1. The van der Waals surface area contributed by atoms with Crippen molar-refractivity contribution in [2.75, 3.05) is 6.54 Å². The van der Waals surface area contributed by atoms with E-state index in [1.807, 2.05) is 45.0 Å². The maximum absolute atomic E-state index is 11.8. The first-order chi connectivity index (χ1) is 10.6. The summed E-state index contributed by atoms with van der Waals surface area (Å²) in [4.78, 5) is 11.8. The van der Waals surface area contributed by atoms with Gasteiger partial charge in [-0.1, -0.05) is 29.8 Å². The summed E-state index contributed by atoms with van der Waals surface area (Å²) in [6.07, 6.45) is 3.94. The van der Waals surface area contributed by atoms with Crippen molar-refractivity contribution in [2.24, 2.45) is 0 Å². The molecule has 0 spiro atoms. The first-order valence-electron chi connectivity index (χ1n) is 7.35. The molecular formula is C16H21N5O. The van der Waals surface area contributed by atoms with E-state index in [1.165, 1.54) is 11.6 Å². The van der Waals surface area contributed by atoms with Crippen LogP contribution in [0.15, 0.2) is 30.3 Å². The van der Waals surface area contributed by atoms with Crippen molar-refractivity contribution in [1.29, 1.82) is 0 Å². The lowest BCUT2D eigenvalue weighted by atomic mass is 10.1. The third-order valence-corrected chi connectivity index (χ3v) is 3.20. The summed E-state index contributed by atoms with van der Waals surface area (Å²) in [6.45, 7) is 6.57. The number of hydrogen-bond donors (Lipinski definition) is 1. The molecule has 1 N–H and O–H groups in total. The number of aromatic nitrogens is 4. The number of carbonyl (C=O) groups excluding carboxylic acids is 1. The second-order valence-electron chi connectivity index (χ2n) is 5.42. The molecule has 0 aliphatic heterocycles. The van der Waals surface area contributed by atoms with Gasteiger partial charge >= 0.3 is 0 Å². The number of amides is 1. The monoisotopic (exact) mass is 299 g/mol. The van der Waals surface area contributed by atoms with Gasteiger partial charge < -0.3 is 5.32 Å². The van der Waals surface area contributed by atoms with E-state index >= 15 is 0 Å². The third kappa shape index (κ3) is 4.51. The highest BCUT2D eigenvalue weighted by Crippen LogP contribution is 2.05. The van der Waals surface area contributed by atoms with E-state index in [1.54, 1.807) is 10.8 Å². The number of nitrogens with zero attached hydrogens (tertiary/aromatic N) is 4. The smallest absolute Gasteiger partial charge is 0.244 e. The number of rotatable bonds is 6. The molecule has 1 heterocycles. The van der Waals surface area contributed by atoms with Crippen LogP contribution in [0, 0.1) is 6.92 Å². The Morgan fingerprint density at radius 2 is 2.05 bits per heavy atom. The molecule has 0 atom stereocenters. The van der Waals surface area contributed by atoms with Crippen molar-refractivity contribution in [3.05, 3.63) is 47.3 Å². The lowest BCUT2D eigenvalue weighted by Crippen LogP contribution is -2.25. The second kappa shape index (κ2) is 7.49. The van der Waals surface area contributed by atoms with E-state index < -0.39 is 0 Å². The molecule has 2 rings (SSSR count). The standard InChI is InChI=1S/C16H21N5O/c1-12(2)21-15(18-19-20-21)10-11-17-16(22)9-8-14-6-4-13(3)5-7-14/h4-9,12H,10-11H2,1-3H3,(H,17,22)/b9-8+. The number of benzene rings is 1. The Morgan fingerprint density at radius 3 is 2.73 bits per heavy atom. The topological polar surface area (TPSA) is 72.7 Å². The quantitative estimate of drug-likeness (QED) is 0.827. The lowest BCUT2D eigenvalue weighted by molar-refractivity contribution is -0.116. The van der Waals surface area contributed by atoms with E-state index in [0.717, 1.165) is 11.4 Å². The Labute approximate surface area is 130 Å². The molecule has 0 radical (unpaired) electrons. The normalized spacial score (nSPS) is 11.3. The predicted octanol–water partition coefficient (Wildman–Crippen LogP) is 1.93. The number of hydrogen-bond acceptors (Lipinski definition) is 4. The highest BCUT2D eigenvalue weighted by Gasteiger charge is 2.08. The maximum Gasteiger partial charge on any atom is 0.244 e. The highest BCUT2D eigenvalue weighted by atomic mass is 16.1. The van der Waals surface area contributed by atoms with Gasteiger partial charge in [0.1, 0.15) is 0 Å². The number of nitrogens with one attached hydrogen (secondary N) is 1. The van der Waals surface area contributed by atoms with E-state index in [4.69, 9.17) is 0 Å². The average molecular weight is 299 g/mol. The van der Waals surface area contributed by atoms with Crippen LogP contribution in [0.25, 0.3) is 6.08 Å². The Bertz CT molecular complexity index is 643. The largest absolute Gasteiger partial charge is 0.352 e. The average Bonchev–Trinajstić information content (AvgIpc) is 2.95. The molecular weight excluding hydrogens is 278 g/mol. The minimum atomic E-state index is -0.121. The zero-order valence-electron chi connectivity index (χ0n) is 13.2. The van der Waals surface area contributed by atoms with Crippen LogP contribution in [-0.4, -0.2) is 32.7 Å². The second-order valence-corrected chi connectivity index (χ2v) is 5.42. The minimum Gasteiger partial charge on any atom is -0.352 e. The molecule has 0 fully saturated rings. The molecule has 0 aliphatic carbocycles. The first-order valence-corrected chi connectivity index (χ1v) is 7.35. The number of aryl methyl sites for hydroxylation is 1. The van der Waals surface area contributed by atoms with Crippen molar-refractivity contribution in [3.63, 3.8) is 0 Å². The van der Waals surface area contributed by atoms with E-state index in [9.17, 15) is 4.79 Å². The van der Waals surface area contributed by atoms with Crippen LogP contribution in [0.2, 0.25) is 0 Å². The third-order valence-electron chi connectivity index (χ3n) is 3.20. The lowest BCUT2D eigenvalue weighted by Gasteiger charge is -2.07. The van der Waals surface area contributed by atoms with Gasteiger partial charge in [-0.15, -0.1) is 5.10 Å². The molecule has 116 valence electrons. The predicted molar refractivity (Wildman–Crippen MR) is 85.1 cm³/mol. The van der Waals surface area contributed by atoms with Crippen LogP contribution >= 0.6 is 0 Å². The number of tetrazole rings is 1. The fourth-order valence-electron chi connectivity index (χ4n) is 1.98. The van der Waals surface area contributed by atoms with Gasteiger partial charge in [-0.25, -0.2) is 4.68 Å². The Balaban J connectivity index is 1.80. The van der Waals surface area contributed by atoms with Crippen molar-refractivity contribution in [3.8, 4) is 0 Å². The van der Waals surface area contributed by atoms with Gasteiger partial charge in [0.2, 0.25) is 5.91 Å². The van der Waals surface area contributed by atoms with Crippen LogP contribution in [0.3, 0.4) is 0 Å². The highest BCUT2D eigenvalue weighted by molar-refractivity contribution is 5.91. The van der Waals surface area contributed by atoms with E-state index in [-0.39, 0.29) is 11.9 Å². The van der Waals surface area contributed by atoms with Crippen molar-refractivity contribution in [1.82, 2.24) is 25.5 Å². The van der Waals surface area contributed by atoms with Gasteiger partial charge in [-0.3, -0.25) is 4.79 Å². The summed E-state index contributed by atoms with van der Waals surface area (Å²) >= 11 is 0. The fraction of sp³-hybridized carbons (Fsp3) is 0.375. The van der Waals surface area contributed by atoms with Gasteiger partial charge in [0.25, 0.3) is 0 Å². The van der Waals surface area contributed by atoms with Crippen molar-refractivity contribution in [2.45, 2.75) is 33.2 Å². The molecule has 0 bridgehead atoms. The van der Waals surface area contributed by atoms with E-state index in [2.05, 4.69) is 20.8 Å². The summed E-state index contributed by atoms with van der Waals surface area (Å²) in [6, 6.07) is 8.21. The van der Waals surface area contributed by atoms with Gasteiger partial charge in [-0.05, 0) is 42.8 Å². The van der Waals surface area contributed by atoms with Crippen LogP contribution in [0.5, 0.6) is 0 Å². The Morgan fingerprint density at radius 1 is 1.32 bits per heavy atom. The SMILES string of the molecule is Cc1ccc(/C=C/C(=O)NCCc2nnnn2C(C)C)cc1. The summed E-state index contributed by atoms with van der Waals surface area (Å²) in [5.74, 6) is 0.655. The van der Waals surface area contributed by atoms with E-state index in [0.29, 0.717) is 13.0 Å². The van der Waals surface area contributed by atoms with Crippen LogP contribution in [-0.2, 0) is 11.2 Å². The molecule has 1 amide bonds. The maximum atomic E-state index is 11.8. The molecule has 1 aromatic carbocycles. The van der Waals surface area contributed by atoms with Crippen molar-refractivity contribution >= 4 is 12.0 Å². The molecule has 1 aromatic heterocycles. The van der Waals surface area contributed by atoms with Gasteiger partial charge in [0, 0.05) is 19.0 Å². The Hall–Kier alpha value is -2.50. The molecule has 0 saturated carbocycles. The molecule has 0 unspecified atom stereocenters. The van der Waals surface area contributed by atoms with Gasteiger partial charge in [-0.2, -0.15) is 0 Å². The molecule has 2 aromatic rings. The van der Waals surface area contributed by atoms with Crippen LogP contribution in [0.1, 0.15) is 36.8 Å². The Kier molecular flexibility index (Phi) is 5.41. The van der Waals surface area contributed by atoms with Crippen LogP contribution in [0.4, 0.5) is 0 Å². The van der Waals surface area contributed by atoms with Gasteiger partial charge in [0.05, 0.1) is 6.04 Å². The zero-order chi connectivity index (χ0) is 15.9. The summed E-state index contributed by atoms with van der Waals surface area (Å²) in [5.41, 5.74) is 2.20. The van der Waals surface area contributed by atoms with Gasteiger partial charge in [0.15, 0.2) is 5.82 Å². The van der Waals surface area contributed by atoms with Crippen molar-refractivity contribution < 1.29 is 4.79 Å². The molecule has 0 saturated heterocycles.